The highest BCUT2D eigenvalue weighted by molar-refractivity contribution is 7.86. The van der Waals surface area contributed by atoms with Crippen LogP contribution in [0.15, 0.2) is 36.8 Å². The van der Waals surface area contributed by atoms with Crippen molar-refractivity contribution in [1.29, 1.82) is 0 Å². The number of fused-ring (bicyclic) bond motifs is 1. The van der Waals surface area contributed by atoms with Gasteiger partial charge in [0.25, 0.3) is 5.78 Å². The van der Waals surface area contributed by atoms with Gasteiger partial charge in [0.05, 0.1) is 25.3 Å². The molecule has 0 aliphatic heterocycles. The third-order valence-electron chi connectivity index (χ3n) is 2.85. The molecule has 0 unspecified atom stereocenters. The zero-order chi connectivity index (χ0) is 15.7. The van der Waals surface area contributed by atoms with Gasteiger partial charge in [-0.3, -0.25) is 4.40 Å². The summed E-state index contributed by atoms with van der Waals surface area (Å²) in [5.41, 5.74) is 1.32. The molecule has 2 aromatic heterocycles. The first-order chi connectivity index (χ1) is 10.5. The molecule has 9 heteroatoms. The van der Waals surface area contributed by atoms with Gasteiger partial charge in [0, 0.05) is 24.0 Å². The maximum atomic E-state index is 11.2. The van der Waals surface area contributed by atoms with Gasteiger partial charge in [-0.05, 0) is 12.1 Å². The molecule has 8 nitrogen and oxygen atoms in total. The molecule has 0 bridgehead atoms. The van der Waals surface area contributed by atoms with E-state index in [9.17, 15) is 8.42 Å². The van der Waals surface area contributed by atoms with Crippen molar-refractivity contribution in [3.8, 4) is 22.8 Å². The Kier molecular flexibility index (Phi) is 3.41. The summed E-state index contributed by atoms with van der Waals surface area (Å²) in [5, 5.41) is 7.67. The summed E-state index contributed by atoms with van der Waals surface area (Å²) in [7, 11) is -2.11. The molecule has 0 aliphatic carbocycles. The van der Waals surface area contributed by atoms with Gasteiger partial charge in [-0.15, -0.1) is 5.10 Å². The predicted octanol–water partition coefficient (Wildman–Crippen LogP) is 1.14. The van der Waals surface area contributed by atoms with Crippen LogP contribution in [-0.4, -0.2) is 41.4 Å². The van der Waals surface area contributed by atoms with E-state index in [1.807, 2.05) is 0 Å². The Bertz CT molecular complexity index is 903. The Labute approximate surface area is 126 Å². The number of ether oxygens (including phenoxy) is 1. The number of aromatic nitrogens is 4. The fraction of sp³-hybridized carbons (Fsp3) is 0.154. The first-order valence-corrected chi connectivity index (χ1v) is 8.02. The van der Waals surface area contributed by atoms with E-state index in [-0.39, 0.29) is 5.75 Å². The molecule has 0 saturated carbocycles. The minimum absolute atomic E-state index is 0.173. The number of hydrogen-bond acceptors (Lipinski definition) is 7. The first-order valence-electron chi connectivity index (χ1n) is 6.20. The Hall–Kier alpha value is -2.68. The van der Waals surface area contributed by atoms with Gasteiger partial charge in [-0.2, -0.15) is 13.5 Å². The summed E-state index contributed by atoms with van der Waals surface area (Å²) in [4.78, 5) is 4.35. The lowest BCUT2D eigenvalue weighted by Crippen LogP contribution is -2.05. The summed E-state index contributed by atoms with van der Waals surface area (Å²) in [6, 6.07) is 4.70. The zero-order valence-electron chi connectivity index (χ0n) is 11.8. The van der Waals surface area contributed by atoms with Crippen LogP contribution in [0.3, 0.4) is 0 Å². The van der Waals surface area contributed by atoms with Crippen LogP contribution < -0.4 is 8.92 Å². The Morgan fingerprint density at radius 1 is 1.27 bits per heavy atom. The summed E-state index contributed by atoms with van der Waals surface area (Å²) >= 11 is 0. The highest BCUT2D eigenvalue weighted by atomic mass is 32.2. The monoisotopic (exact) mass is 320 g/mol. The molecule has 0 saturated heterocycles. The van der Waals surface area contributed by atoms with Crippen molar-refractivity contribution in [2.75, 3.05) is 13.4 Å². The summed E-state index contributed by atoms with van der Waals surface area (Å²) in [6.07, 6.45) is 6.04. The van der Waals surface area contributed by atoms with Gasteiger partial charge in [-0.1, -0.05) is 0 Å². The average molecular weight is 320 g/mol. The fourth-order valence-corrected chi connectivity index (χ4v) is 2.45. The van der Waals surface area contributed by atoms with E-state index in [2.05, 4.69) is 15.2 Å². The molecule has 0 aliphatic rings. The van der Waals surface area contributed by atoms with Gasteiger partial charge < -0.3 is 8.92 Å². The molecule has 0 atom stereocenters. The van der Waals surface area contributed by atoms with Crippen LogP contribution in [-0.2, 0) is 10.1 Å². The fourth-order valence-electron chi connectivity index (χ4n) is 1.99. The Morgan fingerprint density at radius 3 is 2.77 bits per heavy atom. The SMILES string of the molecule is COc1cc(OS(C)(=O)=O)ccc1-c1cn2ccnnc2n1. The van der Waals surface area contributed by atoms with Crippen molar-refractivity contribution in [2.45, 2.75) is 0 Å². The second-order valence-electron chi connectivity index (χ2n) is 4.50. The van der Waals surface area contributed by atoms with E-state index in [1.165, 1.54) is 19.2 Å². The minimum Gasteiger partial charge on any atom is -0.496 e. The van der Waals surface area contributed by atoms with Gasteiger partial charge in [-0.25, -0.2) is 4.98 Å². The number of hydrogen-bond donors (Lipinski definition) is 0. The molecule has 0 radical (unpaired) electrons. The van der Waals surface area contributed by atoms with Crippen molar-refractivity contribution in [3.63, 3.8) is 0 Å². The molecule has 3 aromatic rings. The van der Waals surface area contributed by atoms with Gasteiger partial charge >= 0.3 is 10.1 Å². The van der Waals surface area contributed by atoms with Gasteiger partial charge in [0.15, 0.2) is 0 Å². The highest BCUT2D eigenvalue weighted by Gasteiger charge is 2.13. The first kappa shape index (κ1) is 14.3. The molecule has 22 heavy (non-hydrogen) atoms. The van der Waals surface area contributed by atoms with Crippen LogP contribution in [0.2, 0.25) is 0 Å². The largest absolute Gasteiger partial charge is 0.496 e. The Balaban J connectivity index is 2.06. The predicted molar refractivity (Wildman–Crippen MR) is 78.2 cm³/mol. The van der Waals surface area contributed by atoms with E-state index < -0.39 is 10.1 Å². The maximum absolute atomic E-state index is 11.2. The summed E-state index contributed by atoms with van der Waals surface area (Å²) in [5.74, 6) is 1.07. The van der Waals surface area contributed by atoms with Crippen LogP contribution in [0, 0.1) is 0 Å². The number of rotatable bonds is 4. The standard InChI is InChI=1S/C13H12N4O4S/c1-20-12-7-9(21-22(2,18)19)3-4-10(12)11-8-17-6-5-14-16-13(17)15-11/h3-8H,1-2H3. The maximum Gasteiger partial charge on any atom is 0.306 e. The summed E-state index contributed by atoms with van der Waals surface area (Å²) < 4.78 is 34.2. The molecule has 3 rings (SSSR count). The molecule has 0 amide bonds. The third-order valence-corrected chi connectivity index (χ3v) is 3.35. The van der Waals surface area contributed by atoms with Crippen LogP contribution in [0.5, 0.6) is 11.5 Å². The summed E-state index contributed by atoms with van der Waals surface area (Å²) in [6.45, 7) is 0. The van der Waals surface area contributed by atoms with Crippen molar-refractivity contribution in [1.82, 2.24) is 19.6 Å². The molecule has 114 valence electrons. The van der Waals surface area contributed by atoms with Crippen LogP contribution in [0.4, 0.5) is 0 Å². The number of imidazole rings is 1. The lowest BCUT2D eigenvalue weighted by Gasteiger charge is -2.09. The number of benzene rings is 1. The molecule has 0 N–H and O–H groups in total. The van der Waals surface area contributed by atoms with Crippen LogP contribution in [0.25, 0.3) is 17.0 Å². The lowest BCUT2D eigenvalue weighted by molar-refractivity contribution is 0.413. The van der Waals surface area contributed by atoms with E-state index in [0.717, 1.165) is 6.26 Å². The van der Waals surface area contributed by atoms with E-state index >= 15 is 0 Å². The second kappa shape index (κ2) is 5.26. The van der Waals surface area contributed by atoms with Crippen molar-refractivity contribution in [2.24, 2.45) is 0 Å². The van der Waals surface area contributed by atoms with E-state index in [1.54, 1.807) is 29.1 Å². The molecule has 1 aromatic carbocycles. The second-order valence-corrected chi connectivity index (χ2v) is 6.07. The topological polar surface area (TPSA) is 95.7 Å². The third kappa shape index (κ3) is 2.84. The number of nitrogens with zero attached hydrogens (tertiary/aromatic N) is 4. The van der Waals surface area contributed by atoms with Gasteiger partial charge in [0.1, 0.15) is 11.5 Å². The molecule has 2 heterocycles. The van der Waals surface area contributed by atoms with Crippen molar-refractivity contribution >= 4 is 15.9 Å². The minimum atomic E-state index is -3.59. The molecular weight excluding hydrogens is 308 g/mol. The van der Waals surface area contributed by atoms with Crippen molar-refractivity contribution in [3.05, 3.63) is 36.8 Å². The van der Waals surface area contributed by atoms with Crippen molar-refractivity contribution < 1.29 is 17.3 Å². The quantitative estimate of drug-likeness (QED) is 0.665. The Morgan fingerprint density at radius 2 is 2.09 bits per heavy atom. The lowest BCUT2D eigenvalue weighted by atomic mass is 10.1. The number of methoxy groups -OCH3 is 1. The molecule has 0 spiro atoms. The normalized spacial score (nSPS) is 11.5. The van der Waals surface area contributed by atoms with Crippen LogP contribution in [0.1, 0.15) is 0 Å². The molecule has 0 fully saturated rings. The smallest absolute Gasteiger partial charge is 0.306 e. The van der Waals surface area contributed by atoms with Crippen LogP contribution >= 0.6 is 0 Å². The molecular formula is C13H12N4O4S. The van der Waals surface area contributed by atoms with E-state index in [0.29, 0.717) is 22.8 Å². The highest BCUT2D eigenvalue weighted by Crippen LogP contribution is 2.33. The van der Waals surface area contributed by atoms with E-state index in [4.69, 9.17) is 8.92 Å². The van der Waals surface area contributed by atoms with Gasteiger partial charge in [0.2, 0.25) is 0 Å². The zero-order valence-corrected chi connectivity index (χ0v) is 12.6. The average Bonchev–Trinajstić information content (AvgIpc) is 2.89.